The van der Waals surface area contributed by atoms with Crippen molar-refractivity contribution in [1.29, 1.82) is 0 Å². The van der Waals surface area contributed by atoms with Gasteiger partial charge in [0.1, 0.15) is 39.5 Å². The zero-order chi connectivity index (χ0) is 61.2. The minimum absolute atomic E-state index is 0. The Balaban J connectivity index is 0.000000268. The van der Waals surface area contributed by atoms with Crippen LogP contribution in [0.25, 0.3) is 33.4 Å². The molecule has 0 unspecified atom stereocenters. The van der Waals surface area contributed by atoms with Crippen molar-refractivity contribution in [3.8, 4) is 22.9 Å². The highest BCUT2D eigenvalue weighted by Gasteiger charge is 2.57. The first-order valence-electron chi connectivity index (χ1n) is 21.0. The molecule has 2 saturated carbocycles. The molecule has 2 aliphatic rings. The summed E-state index contributed by atoms with van der Waals surface area (Å²) in [5.41, 5.74) is -25.4. The van der Waals surface area contributed by atoms with Crippen LogP contribution in [0.5, 0.6) is 11.5 Å². The third-order valence-corrected chi connectivity index (χ3v) is 15.8. The van der Waals surface area contributed by atoms with Crippen molar-refractivity contribution < 1.29 is 86.5 Å². The quantitative estimate of drug-likeness (QED) is 0.0502. The van der Waals surface area contributed by atoms with Crippen molar-refractivity contribution in [1.82, 2.24) is 27.4 Å². The average Bonchev–Trinajstić information content (AvgIpc) is 3.82. The summed E-state index contributed by atoms with van der Waals surface area (Å²) in [6, 6.07) is 7.07. The summed E-state index contributed by atoms with van der Waals surface area (Å²) in [5.74, 6) is -3.24. The second-order valence-electron chi connectivity index (χ2n) is 16.4. The molecular formula is C41H34Cl3F11I2N6O15S3. The highest BCUT2D eigenvalue weighted by Crippen LogP contribution is 2.37. The molecule has 1 N–H and O–H groups in total. The first-order chi connectivity index (χ1) is 36.3. The van der Waals surface area contributed by atoms with Crippen molar-refractivity contribution in [2.45, 2.75) is 79.9 Å². The molecule has 0 saturated heterocycles. The molecule has 2 aromatic carbocycles. The molecule has 2 fully saturated rings. The normalized spacial score (nSPS) is 14.1. The smallest absolute Gasteiger partial charge is 0.506 e. The number of benzene rings is 2. The van der Waals surface area contributed by atoms with E-state index in [-0.39, 0.29) is 35.8 Å². The summed E-state index contributed by atoms with van der Waals surface area (Å²) in [6.45, 7) is 2.38. The van der Waals surface area contributed by atoms with Crippen molar-refractivity contribution in [3.63, 3.8) is 0 Å². The third-order valence-electron chi connectivity index (χ3n) is 10.9. The molecule has 40 heteroatoms. The van der Waals surface area contributed by atoms with Gasteiger partial charge in [0.15, 0.2) is 10.0 Å². The average molecular weight is 1520 g/mol. The van der Waals surface area contributed by atoms with Crippen LogP contribution in [0.15, 0.2) is 65.2 Å². The molecule has 8 rings (SSSR count). The van der Waals surface area contributed by atoms with Crippen LogP contribution < -0.4 is 37.8 Å². The Morgan fingerprint density at radius 1 is 0.580 bits per heavy atom. The summed E-state index contributed by atoms with van der Waals surface area (Å²) in [7, 11) is -17.5. The van der Waals surface area contributed by atoms with E-state index in [0.29, 0.717) is 42.0 Å². The number of aromatic nitrogens is 6. The second-order valence-corrected chi connectivity index (χ2v) is 25.7. The minimum atomic E-state index is -6.85. The monoisotopic (exact) mass is 1510 g/mol. The number of rotatable bonds is 8. The van der Waals surface area contributed by atoms with E-state index >= 15 is 0 Å². The minimum Gasteiger partial charge on any atom is -0.506 e. The predicted octanol–water partition coefficient (Wildman–Crippen LogP) is 7.73. The van der Waals surface area contributed by atoms with Gasteiger partial charge in [0, 0.05) is 33.3 Å². The van der Waals surface area contributed by atoms with Gasteiger partial charge in [0.25, 0.3) is 22.2 Å². The largest absolute Gasteiger partial charge is 0.534 e. The number of alkyl halides is 12. The highest BCUT2D eigenvalue weighted by molar-refractivity contribution is 14.1. The van der Waals surface area contributed by atoms with Crippen LogP contribution in [0.1, 0.15) is 56.3 Å². The lowest BCUT2D eigenvalue weighted by atomic mass is 10.2. The summed E-state index contributed by atoms with van der Waals surface area (Å²) in [6.07, 6.45) is 2.08. The van der Waals surface area contributed by atoms with Gasteiger partial charge in [-0.15, -0.1) is 3.63 Å². The van der Waals surface area contributed by atoms with Gasteiger partial charge in [-0.3, -0.25) is 37.4 Å². The lowest BCUT2D eigenvalue weighted by molar-refractivity contribution is -0.0586. The van der Waals surface area contributed by atoms with Gasteiger partial charge >= 0.3 is 58.3 Å². The van der Waals surface area contributed by atoms with Gasteiger partial charge in [-0.2, -0.15) is 64.8 Å². The van der Waals surface area contributed by atoms with Gasteiger partial charge in [-0.05, 0) is 121 Å². The topological polar surface area (TPSA) is 273 Å². The summed E-state index contributed by atoms with van der Waals surface area (Å²) in [4.78, 5) is 78.0. The van der Waals surface area contributed by atoms with Crippen LogP contribution in [0, 0.1) is 32.6 Å². The molecule has 0 bridgehead atoms. The molecule has 0 spiro atoms. The predicted molar refractivity (Wildman–Crippen MR) is 286 cm³/mol. The Morgan fingerprint density at radius 2 is 0.901 bits per heavy atom. The van der Waals surface area contributed by atoms with Crippen LogP contribution in [0.4, 0.5) is 48.3 Å². The zero-order valence-electron chi connectivity index (χ0n) is 39.6. The fourth-order valence-electron chi connectivity index (χ4n) is 7.06. The Kier molecular flexibility index (Phi) is 20.7. The maximum absolute atomic E-state index is 14.9. The van der Waals surface area contributed by atoms with Crippen LogP contribution in [0.2, 0.25) is 0 Å². The number of hydrogen-bond donors (Lipinski definition) is 1. The highest BCUT2D eigenvalue weighted by atomic mass is 127. The van der Waals surface area contributed by atoms with Crippen LogP contribution in [-0.2, 0) is 48.1 Å². The Labute approximate surface area is 488 Å². The van der Waals surface area contributed by atoms with Crippen LogP contribution >= 0.6 is 80.0 Å². The maximum atomic E-state index is 14.9. The molecule has 0 atom stereocenters. The van der Waals surface area contributed by atoms with E-state index in [9.17, 15) is 107 Å². The molecule has 4 aromatic heterocycles. The van der Waals surface area contributed by atoms with E-state index in [2.05, 4.69) is 4.18 Å². The van der Waals surface area contributed by atoms with E-state index in [1.165, 1.54) is 38.2 Å². The lowest BCUT2D eigenvalue weighted by Gasteiger charge is -2.20. The molecule has 4 heterocycles. The summed E-state index contributed by atoms with van der Waals surface area (Å²) >= 11 is 18.2. The number of aromatic hydroxyl groups is 1. The van der Waals surface area contributed by atoms with Gasteiger partial charge in [-0.1, -0.05) is 42.2 Å². The van der Waals surface area contributed by atoms with E-state index < -0.39 is 136 Å². The molecule has 2 aliphatic carbocycles. The van der Waals surface area contributed by atoms with E-state index in [4.69, 9.17) is 34.8 Å². The van der Waals surface area contributed by atoms with E-state index in [0.717, 1.165) is 38.3 Å². The Hall–Kier alpha value is -4.81. The summed E-state index contributed by atoms with van der Waals surface area (Å²) < 4.78 is 212. The number of halogens is 16. The van der Waals surface area contributed by atoms with E-state index in [1.807, 2.05) is 48.8 Å². The first kappa shape index (κ1) is 68.7. The Bertz CT molecular complexity index is 4210. The lowest BCUT2D eigenvalue weighted by Crippen LogP contribution is -2.42. The van der Waals surface area contributed by atoms with Crippen molar-refractivity contribution >= 4 is 132 Å². The number of hydrogen-bond acceptors (Lipinski definition) is 15. The van der Waals surface area contributed by atoms with Gasteiger partial charge in [0.2, 0.25) is 0 Å². The molecular weight excluding hydrogens is 1480 g/mol. The van der Waals surface area contributed by atoms with Crippen molar-refractivity contribution in [2.24, 2.45) is 14.1 Å². The van der Waals surface area contributed by atoms with Crippen molar-refractivity contribution in [2.75, 3.05) is 0 Å². The first-order valence-corrected chi connectivity index (χ1v) is 28.7. The second kappa shape index (κ2) is 24.4. The number of nitrogens with zero attached hydrogens (tertiary/aromatic N) is 6. The maximum Gasteiger partial charge on any atom is 0.534 e. The molecule has 81 heavy (non-hydrogen) atoms. The number of pyridine rings is 2. The fourth-order valence-corrected chi connectivity index (χ4v) is 10.1. The molecule has 0 aliphatic heterocycles. The van der Waals surface area contributed by atoms with Gasteiger partial charge in [0.05, 0.1) is 22.5 Å². The van der Waals surface area contributed by atoms with Crippen molar-refractivity contribution in [3.05, 3.63) is 129 Å². The number of aryl methyl sites for hydroxylation is 2. The third kappa shape index (κ3) is 14.1. The van der Waals surface area contributed by atoms with Crippen LogP contribution in [-0.4, -0.2) is 78.6 Å². The molecule has 21 nitrogen and oxygen atoms in total. The SMILES string of the molecule is C.Cc1c(O)c2c(=O)n(C3CC3)c(=O)n(-c3ccc(I)cc3F)c2n(C)c1=O.Cc1c(OS(=O)(=O)C(F)(F)F)c2c(=O)n(C3CC3)c(=O)n(-c3ccc(I)cc3F)c2n(C)c1=O.ClC(Cl)Cl.O=S(=O)(OS(=O)(=O)C(F)(F)F)C(F)(F)F. The molecule has 6 aromatic rings. The molecule has 448 valence electrons. The zero-order valence-corrected chi connectivity index (χ0v) is 48.7. The number of fused-ring (bicyclic) bond motifs is 2. The van der Waals surface area contributed by atoms with Gasteiger partial charge in [-0.25, -0.2) is 27.5 Å². The summed E-state index contributed by atoms with van der Waals surface area (Å²) in [5, 5.41) is 9.56. The molecule has 0 amide bonds. The van der Waals surface area contributed by atoms with Gasteiger partial charge < -0.3 is 9.29 Å². The Morgan fingerprint density at radius 3 is 1.22 bits per heavy atom. The molecule has 0 radical (unpaired) electrons. The van der Waals surface area contributed by atoms with Crippen LogP contribution in [0.3, 0.4) is 0 Å². The fraction of sp³-hybridized carbons (Fsp3) is 0.366. The van der Waals surface area contributed by atoms with E-state index in [1.54, 1.807) is 6.07 Å². The standard InChI is InChI=1S/C19H14F4IN3O6S.C18H15FIN3O4.C2F6O5S2.CHCl3.CH4/c1-8-14(33-34(31,32)19(21,22)23)13-15(25(2)16(8)28)27(12-6-3-9(24)7-11(12)20)18(30)26(17(13)29)10-4-5-10;1-8-14(24)13-15(21(2)16(8)25)23(12-6-3-9(20)7-11(12)19)18(27)22(17(13)26)10-4-5-10;3-1(4,5)14(9,10)13-15(11,12)2(6,7)8;2-1(3)4;/h3,6-7,10H,4-5H2,1-2H3;3,6-7,10,24H,4-5H2,1-2H3;;1H;1H4.